The first-order valence-corrected chi connectivity index (χ1v) is 13.1. The molecule has 0 saturated carbocycles. The summed E-state index contributed by atoms with van der Waals surface area (Å²) in [6.07, 6.45) is 2.25. The average molecular weight is 644 g/mol. The van der Waals surface area contributed by atoms with E-state index in [1.807, 2.05) is 60.7 Å². The lowest BCUT2D eigenvalue weighted by atomic mass is 10.2. The Hall–Kier alpha value is -4.13. The summed E-state index contributed by atoms with van der Waals surface area (Å²) in [5.74, 6) is -0.661. The molecule has 0 heterocycles. The summed E-state index contributed by atoms with van der Waals surface area (Å²) < 4.78 is 17.3. The van der Waals surface area contributed by atoms with E-state index in [4.69, 9.17) is 14.2 Å². The maximum atomic E-state index is 12.4. The molecular formula is C28H29IN4O6. The van der Waals surface area contributed by atoms with E-state index in [0.29, 0.717) is 44.4 Å². The summed E-state index contributed by atoms with van der Waals surface area (Å²) >= 11 is 2.05. The molecule has 10 nitrogen and oxygen atoms in total. The Morgan fingerprint density at radius 1 is 0.974 bits per heavy atom. The van der Waals surface area contributed by atoms with Crippen molar-refractivity contribution in [2.24, 2.45) is 5.10 Å². The van der Waals surface area contributed by atoms with Crippen LogP contribution in [0.3, 0.4) is 0 Å². The molecule has 0 aliphatic heterocycles. The van der Waals surface area contributed by atoms with Gasteiger partial charge >= 0.3 is 11.8 Å². The van der Waals surface area contributed by atoms with E-state index in [1.165, 1.54) is 13.3 Å². The van der Waals surface area contributed by atoms with Crippen LogP contribution < -0.4 is 30.3 Å². The molecule has 11 heteroatoms. The first-order chi connectivity index (χ1) is 18.8. The zero-order valence-electron chi connectivity index (χ0n) is 21.7. The lowest BCUT2D eigenvalue weighted by Gasteiger charge is -2.14. The van der Waals surface area contributed by atoms with Gasteiger partial charge in [-0.15, -0.1) is 0 Å². The summed E-state index contributed by atoms with van der Waals surface area (Å²) in [4.78, 5) is 36.7. The number of hydrogen-bond acceptors (Lipinski definition) is 7. The van der Waals surface area contributed by atoms with Crippen molar-refractivity contribution in [1.29, 1.82) is 0 Å². The van der Waals surface area contributed by atoms with Crippen LogP contribution in [0.15, 0.2) is 65.8 Å². The van der Waals surface area contributed by atoms with Crippen molar-refractivity contribution in [1.82, 2.24) is 5.43 Å². The van der Waals surface area contributed by atoms with Gasteiger partial charge < -0.3 is 24.8 Å². The van der Waals surface area contributed by atoms with E-state index in [9.17, 15) is 14.4 Å². The van der Waals surface area contributed by atoms with Crippen molar-refractivity contribution in [3.63, 3.8) is 0 Å². The predicted molar refractivity (Wildman–Crippen MR) is 158 cm³/mol. The van der Waals surface area contributed by atoms with Gasteiger partial charge in [-0.2, -0.15) is 5.10 Å². The van der Waals surface area contributed by atoms with Crippen LogP contribution in [-0.4, -0.2) is 44.3 Å². The van der Waals surface area contributed by atoms with Gasteiger partial charge in [-0.3, -0.25) is 14.4 Å². The van der Waals surface area contributed by atoms with Crippen LogP contribution in [0.5, 0.6) is 17.2 Å². The zero-order chi connectivity index (χ0) is 28.2. The highest BCUT2D eigenvalue weighted by Gasteiger charge is 2.15. The molecule has 0 bridgehead atoms. The van der Waals surface area contributed by atoms with Crippen LogP contribution in [0.4, 0.5) is 11.4 Å². The van der Waals surface area contributed by atoms with Crippen molar-refractivity contribution in [2.75, 3.05) is 31.0 Å². The SMILES string of the molecule is CCCOc1ccc(NC(=O)C(=O)N/N=C\c2cc(I)c(OCC(=O)Nc3ccccc3C)c(OC)c2)cc1. The third kappa shape index (κ3) is 8.99. The fraction of sp³-hybridized carbons (Fsp3) is 0.214. The molecule has 0 fully saturated rings. The fourth-order valence-corrected chi connectivity index (χ4v) is 4.03. The molecule has 39 heavy (non-hydrogen) atoms. The number of carbonyl (C=O) groups is 3. The van der Waals surface area contributed by atoms with Crippen molar-refractivity contribution >= 4 is 57.9 Å². The molecule has 0 saturated heterocycles. The van der Waals surface area contributed by atoms with Gasteiger partial charge in [0.25, 0.3) is 5.91 Å². The maximum absolute atomic E-state index is 12.4. The van der Waals surface area contributed by atoms with E-state index >= 15 is 0 Å². The van der Waals surface area contributed by atoms with Gasteiger partial charge in [0, 0.05) is 11.4 Å². The van der Waals surface area contributed by atoms with Crippen LogP contribution in [0.1, 0.15) is 24.5 Å². The Kier molecular flexibility index (Phi) is 11.1. The van der Waals surface area contributed by atoms with Gasteiger partial charge in [-0.25, -0.2) is 5.43 Å². The summed E-state index contributed by atoms with van der Waals surface area (Å²) in [6.45, 7) is 4.29. The van der Waals surface area contributed by atoms with Crippen LogP contribution in [-0.2, 0) is 14.4 Å². The zero-order valence-corrected chi connectivity index (χ0v) is 23.9. The number of amides is 3. The number of anilines is 2. The highest BCUT2D eigenvalue weighted by atomic mass is 127. The molecule has 3 rings (SSSR count). The number of hydrazone groups is 1. The first-order valence-electron chi connectivity index (χ1n) is 12.0. The standard InChI is InChI=1S/C28H29IN4O6/c1-4-13-38-21-11-9-20(10-12-21)31-27(35)28(36)33-30-16-19-14-22(29)26(24(15-19)37-3)39-17-25(34)32-23-8-6-5-7-18(23)2/h5-12,14-16H,4,13,17H2,1-3H3,(H,31,35)(H,32,34)(H,33,36)/b30-16-. The molecule has 0 aliphatic carbocycles. The third-order valence-corrected chi connectivity index (χ3v) is 5.99. The van der Waals surface area contributed by atoms with Gasteiger partial charge in [0.2, 0.25) is 0 Å². The monoisotopic (exact) mass is 644 g/mol. The smallest absolute Gasteiger partial charge is 0.329 e. The number of carbonyl (C=O) groups excluding carboxylic acids is 3. The predicted octanol–water partition coefficient (Wildman–Crippen LogP) is 4.50. The first kappa shape index (κ1) is 29.4. The Labute approximate surface area is 240 Å². The van der Waals surface area contributed by atoms with Crippen LogP contribution in [0, 0.1) is 10.5 Å². The lowest BCUT2D eigenvalue weighted by molar-refractivity contribution is -0.136. The molecular weight excluding hydrogens is 615 g/mol. The Bertz CT molecular complexity index is 1340. The molecule has 0 aliphatic rings. The second kappa shape index (κ2) is 14.7. The minimum Gasteiger partial charge on any atom is -0.494 e. The molecule has 0 atom stereocenters. The second-order valence-corrected chi connectivity index (χ2v) is 9.37. The molecule has 3 N–H and O–H groups in total. The van der Waals surface area contributed by atoms with Crippen molar-refractivity contribution in [2.45, 2.75) is 20.3 Å². The third-order valence-electron chi connectivity index (χ3n) is 5.19. The Balaban J connectivity index is 1.54. The normalized spacial score (nSPS) is 10.6. The number of para-hydroxylation sites is 1. The van der Waals surface area contributed by atoms with Gasteiger partial charge in [-0.05, 0) is 89.5 Å². The van der Waals surface area contributed by atoms with E-state index in [0.717, 1.165) is 12.0 Å². The number of aryl methyl sites for hydroxylation is 1. The number of methoxy groups -OCH3 is 1. The molecule has 0 spiro atoms. The quantitative estimate of drug-likeness (QED) is 0.122. The number of ether oxygens (including phenoxy) is 3. The molecule has 0 aromatic heterocycles. The van der Waals surface area contributed by atoms with E-state index in [1.54, 1.807) is 36.4 Å². The molecule has 3 amide bonds. The minimum atomic E-state index is -0.932. The number of nitrogens with one attached hydrogen (secondary N) is 3. The van der Waals surface area contributed by atoms with Crippen LogP contribution >= 0.6 is 22.6 Å². The highest BCUT2D eigenvalue weighted by Crippen LogP contribution is 2.33. The fourth-order valence-electron chi connectivity index (χ4n) is 3.25. The van der Waals surface area contributed by atoms with Crippen LogP contribution in [0.25, 0.3) is 0 Å². The molecule has 204 valence electrons. The second-order valence-electron chi connectivity index (χ2n) is 8.21. The molecule has 0 unspecified atom stereocenters. The minimum absolute atomic E-state index is 0.214. The Morgan fingerprint density at radius 2 is 1.72 bits per heavy atom. The average Bonchev–Trinajstić information content (AvgIpc) is 2.93. The van der Waals surface area contributed by atoms with E-state index in [-0.39, 0.29) is 12.5 Å². The lowest BCUT2D eigenvalue weighted by Crippen LogP contribution is -2.32. The van der Waals surface area contributed by atoms with Crippen LogP contribution in [0.2, 0.25) is 0 Å². The number of halogens is 1. The van der Waals surface area contributed by atoms with Gasteiger partial charge in [0.15, 0.2) is 18.1 Å². The number of benzene rings is 3. The van der Waals surface area contributed by atoms with Gasteiger partial charge in [0.1, 0.15) is 5.75 Å². The summed E-state index contributed by atoms with van der Waals surface area (Å²) in [5, 5.41) is 9.17. The number of nitrogens with zero attached hydrogens (tertiary/aromatic N) is 1. The Morgan fingerprint density at radius 3 is 2.41 bits per heavy atom. The highest BCUT2D eigenvalue weighted by molar-refractivity contribution is 14.1. The van der Waals surface area contributed by atoms with Crippen molar-refractivity contribution in [3.8, 4) is 17.2 Å². The summed E-state index contributed by atoms with van der Waals surface area (Å²) in [5.41, 5.74) is 4.88. The molecule has 0 radical (unpaired) electrons. The summed E-state index contributed by atoms with van der Waals surface area (Å²) in [7, 11) is 1.47. The number of hydrogen-bond donors (Lipinski definition) is 3. The largest absolute Gasteiger partial charge is 0.494 e. The van der Waals surface area contributed by atoms with Gasteiger partial charge in [-0.1, -0.05) is 25.1 Å². The van der Waals surface area contributed by atoms with E-state index in [2.05, 4.69) is 21.2 Å². The molecule has 3 aromatic rings. The summed E-state index contributed by atoms with van der Waals surface area (Å²) in [6, 6.07) is 17.5. The van der Waals surface area contributed by atoms with Gasteiger partial charge in [0.05, 0.1) is 23.5 Å². The van der Waals surface area contributed by atoms with Crippen molar-refractivity contribution < 1.29 is 28.6 Å². The topological polar surface area (TPSA) is 127 Å². The van der Waals surface area contributed by atoms with E-state index < -0.39 is 11.8 Å². The molecule has 3 aromatic carbocycles. The number of rotatable bonds is 11. The maximum Gasteiger partial charge on any atom is 0.329 e. The van der Waals surface area contributed by atoms with Crippen molar-refractivity contribution in [3.05, 3.63) is 75.4 Å².